The number of ketones is 1. The fourth-order valence-corrected chi connectivity index (χ4v) is 1.81. The Kier molecular flexibility index (Phi) is 6.00. The van der Waals surface area contributed by atoms with Crippen LogP contribution in [0.5, 0.6) is 0 Å². The number of benzene rings is 1. The molecule has 0 heterocycles. The normalized spacial score (nSPS) is 10.7. The fraction of sp³-hybridized carbons (Fsp3) is 0.375. The van der Waals surface area contributed by atoms with E-state index in [1.54, 1.807) is 6.92 Å². The second-order valence-electron chi connectivity index (χ2n) is 4.15. The van der Waals surface area contributed by atoms with Crippen molar-refractivity contribution in [3.8, 4) is 0 Å². The predicted octanol–water partition coefficient (Wildman–Crippen LogP) is 3.11. The van der Waals surface area contributed by atoms with Crippen LogP contribution < -0.4 is 0 Å². The molecule has 0 atom stereocenters. The van der Waals surface area contributed by atoms with Crippen LogP contribution in [0.15, 0.2) is 30.4 Å². The molecule has 0 bridgehead atoms. The van der Waals surface area contributed by atoms with Crippen molar-refractivity contribution in [3.63, 3.8) is 0 Å². The molecule has 1 aromatic rings. The zero-order valence-corrected chi connectivity index (χ0v) is 11.7. The van der Waals surface area contributed by atoms with Gasteiger partial charge in [0, 0.05) is 11.6 Å². The molecule has 102 valence electrons. The SMILES string of the molecule is CCOC(=O)C=CC(=O)c1cc(CC)ccc1CC. The molecule has 1 aromatic carbocycles. The van der Waals surface area contributed by atoms with Crippen LogP contribution in [0.1, 0.15) is 42.3 Å². The second kappa shape index (κ2) is 7.52. The smallest absolute Gasteiger partial charge is 0.330 e. The molecule has 0 fully saturated rings. The molecular formula is C16H20O3. The lowest BCUT2D eigenvalue weighted by atomic mass is 9.97. The van der Waals surface area contributed by atoms with Crippen molar-refractivity contribution in [2.24, 2.45) is 0 Å². The van der Waals surface area contributed by atoms with E-state index in [2.05, 4.69) is 0 Å². The molecule has 0 unspecified atom stereocenters. The maximum atomic E-state index is 12.1. The van der Waals surface area contributed by atoms with Crippen LogP contribution in [0.25, 0.3) is 0 Å². The Morgan fingerprint density at radius 3 is 2.42 bits per heavy atom. The first-order valence-electron chi connectivity index (χ1n) is 6.63. The van der Waals surface area contributed by atoms with E-state index in [1.165, 1.54) is 12.2 Å². The number of allylic oxidation sites excluding steroid dienone is 1. The van der Waals surface area contributed by atoms with E-state index in [-0.39, 0.29) is 5.78 Å². The van der Waals surface area contributed by atoms with Crippen LogP contribution >= 0.6 is 0 Å². The zero-order valence-electron chi connectivity index (χ0n) is 11.7. The van der Waals surface area contributed by atoms with E-state index >= 15 is 0 Å². The molecule has 0 saturated heterocycles. The third-order valence-corrected chi connectivity index (χ3v) is 2.89. The van der Waals surface area contributed by atoms with Crippen molar-refractivity contribution in [2.75, 3.05) is 6.61 Å². The molecule has 0 aliphatic heterocycles. The summed E-state index contributed by atoms with van der Waals surface area (Å²) in [6.07, 6.45) is 4.14. The summed E-state index contributed by atoms with van der Waals surface area (Å²) < 4.78 is 4.75. The molecule has 0 saturated carbocycles. The number of aryl methyl sites for hydroxylation is 2. The van der Waals surface area contributed by atoms with Crippen LogP contribution in [-0.2, 0) is 22.4 Å². The molecule has 0 N–H and O–H groups in total. The highest BCUT2D eigenvalue weighted by Gasteiger charge is 2.09. The van der Waals surface area contributed by atoms with E-state index in [1.807, 2.05) is 32.0 Å². The van der Waals surface area contributed by atoms with Crippen molar-refractivity contribution in [1.82, 2.24) is 0 Å². The van der Waals surface area contributed by atoms with Gasteiger partial charge in [0.25, 0.3) is 0 Å². The summed E-state index contributed by atoms with van der Waals surface area (Å²) in [6.45, 7) is 6.09. The summed E-state index contributed by atoms with van der Waals surface area (Å²) >= 11 is 0. The Balaban J connectivity index is 2.94. The number of ether oxygens (including phenoxy) is 1. The quantitative estimate of drug-likeness (QED) is 0.448. The molecule has 0 spiro atoms. The maximum Gasteiger partial charge on any atom is 0.330 e. The highest BCUT2D eigenvalue weighted by molar-refractivity contribution is 6.08. The Morgan fingerprint density at radius 1 is 1.11 bits per heavy atom. The molecule has 0 aliphatic rings. The summed E-state index contributed by atoms with van der Waals surface area (Å²) in [7, 11) is 0. The van der Waals surface area contributed by atoms with Crippen molar-refractivity contribution < 1.29 is 14.3 Å². The van der Waals surface area contributed by atoms with Gasteiger partial charge in [-0.2, -0.15) is 0 Å². The lowest BCUT2D eigenvalue weighted by Crippen LogP contribution is -2.04. The van der Waals surface area contributed by atoms with Crippen molar-refractivity contribution in [1.29, 1.82) is 0 Å². The Labute approximate surface area is 114 Å². The standard InChI is InChI=1S/C16H20O3/c1-4-12-7-8-13(5-2)14(11-12)15(17)9-10-16(18)19-6-3/h7-11H,4-6H2,1-3H3. The maximum absolute atomic E-state index is 12.1. The molecular weight excluding hydrogens is 240 g/mol. The van der Waals surface area contributed by atoms with E-state index in [9.17, 15) is 9.59 Å². The second-order valence-corrected chi connectivity index (χ2v) is 4.15. The third kappa shape index (κ3) is 4.36. The highest BCUT2D eigenvalue weighted by atomic mass is 16.5. The van der Waals surface area contributed by atoms with Gasteiger partial charge in [-0.1, -0.05) is 26.0 Å². The summed E-state index contributed by atoms with van der Waals surface area (Å²) in [5, 5.41) is 0. The minimum absolute atomic E-state index is 0.153. The van der Waals surface area contributed by atoms with Gasteiger partial charge in [0.15, 0.2) is 5.78 Å². The lowest BCUT2D eigenvalue weighted by Gasteiger charge is -2.07. The minimum Gasteiger partial charge on any atom is -0.463 e. The zero-order chi connectivity index (χ0) is 14.3. The first-order valence-corrected chi connectivity index (χ1v) is 6.63. The molecule has 0 amide bonds. The summed E-state index contributed by atoms with van der Waals surface area (Å²) in [5.41, 5.74) is 2.78. The fourth-order valence-electron chi connectivity index (χ4n) is 1.81. The van der Waals surface area contributed by atoms with Crippen LogP contribution in [0.3, 0.4) is 0 Å². The van der Waals surface area contributed by atoms with Crippen molar-refractivity contribution >= 4 is 11.8 Å². The van der Waals surface area contributed by atoms with Gasteiger partial charge in [-0.3, -0.25) is 4.79 Å². The van der Waals surface area contributed by atoms with Crippen molar-refractivity contribution in [2.45, 2.75) is 33.6 Å². The Bertz CT molecular complexity index is 487. The van der Waals surface area contributed by atoms with Crippen LogP contribution in [0, 0.1) is 0 Å². The molecule has 19 heavy (non-hydrogen) atoms. The molecule has 0 aliphatic carbocycles. The van der Waals surface area contributed by atoms with Gasteiger partial charge in [0.2, 0.25) is 0 Å². The van der Waals surface area contributed by atoms with Gasteiger partial charge < -0.3 is 4.74 Å². The van der Waals surface area contributed by atoms with Gasteiger partial charge in [0.1, 0.15) is 0 Å². The highest BCUT2D eigenvalue weighted by Crippen LogP contribution is 2.15. The van der Waals surface area contributed by atoms with E-state index < -0.39 is 5.97 Å². The largest absolute Gasteiger partial charge is 0.463 e. The number of esters is 1. The first-order chi connectivity index (χ1) is 9.12. The van der Waals surface area contributed by atoms with Gasteiger partial charge in [-0.05, 0) is 43.0 Å². The number of carbonyl (C=O) groups excluding carboxylic acids is 2. The van der Waals surface area contributed by atoms with Crippen LogP contribution in [0.4, 0.5) is 0 Å². The van der Waals surface area contributed by atoms with Crippen molar-refractivity contribution in [3.05, 3.63) is 47.0 Å². The summed E-state index contributed by atoms with van der Waals surface area (Å²) in [6, 6.07) is 5.91. The van der Waals surface area contributed by atoms with E-state index in [0.29, 0.717) is 12.2 Å². The molecule has 1 rings (SSSR count). The average molecular weight is 260 g/mol. The lowest BCUT2D eigenvalue weighted by molar-refractivity contribution is -0.137. The number of rotatable bonds is 6. The molecule has 0 aromatic heterocycles. The number of hydrogen-bond donors (Lipinski definition) is 0. The summed E-state index contributed by atoms with van der Waals surface area (Å²) in [4.78, 5) is 23.3. The molecule has 3 heteroatoms. The third-order valence-electron chi connectivity index (χ3n) is 2.89. The summed E-state index contributed by atoms with van der Waals surface area (Å²) in [5.74, 6) is -0.638. The minimum atomic E-state index is -0.486. The molecule has 0 radical (unpaired) electrons. The Hall–Kier alpha value is -1.90. The van der Waals surface area contributed by atoms with Gasteiger partial charge in [-0.25, -0.2) is 4.79 Å². The van der Waals surface area contributed by atoms with Gasteiger partial charge >= 0.3 is 5.97 Å². The van der Waals surface area contributed by atoms with E-state index in [0.717, 1.165) is 24.0 Å². The first kappa shape index (κ1) is 15.2. The van der Waals surface area contributed by atoms with Crippen LogP contribution in [0.2, 0.25) is 0 Å². The average Bonchev–Trinajstić information content (AvgIpc) is 2.44. The topological polar surface area (TPSA) is 43.4 Å². The van der Waals surface area contributed by atoms with Gasteiger partial charge in [-0.15, -0.1) is 0 Å². The molecule has 3 nitrogen and oxygen atoms in total. The van der Waals surface area contributed by atoms with Crippen LogP contribution in [-0.4, -0.2) is 18.4 Å². The monoisotopic (exact) mass is 260 g/mol. The Morgan fingerprint density at radius 2 is 1.84 bits per heavy atom. The van der Waals surface area contributed by atoms with E-state index in [4.69, 9.17) is 4.74 Å². The van der Waals surface area contributed by atoms with Gasteiger partial charge in [0.05, 0.1) is 6.61 Å². The number of hydrogen-bond acceptors (Lipinski definition) is 3. The number of carbonyl (C=O) groups is 2. The predicted molar refractivity (Wildman–Crippen MR) is 75.3 cm³/mol.